The number of anilines is 1. The Morgan fingerprint density at radius 1 is 1.25 bits per heavy atom. The van der Waals surface area contributed by atoms with Gasteiger partial charge >= 0.3 is 0 Å². The lowest BCUT2D eigenvalue weighted by molar-refractivity contribution is -0.0383. The first-order chi connectivity index (χ1) is 13.7. The summed E-state index contributed by atoms with van der Waals surface area (Å²) in [5.41, 5.74) is 2.91. The van der Waals surface area contributed by atoms with Gasteiger partial charge in [-0.25, -0.2) is 9.67 Å². The third kappa shape index (κ3) is 3.18. The monoisotopic (exact) mass is 419 g/mol. The average molecular weight is 420 g/mol. The Kier molecular flexibility index (Phi) is 4.96. The van der Waals surface area contributed by atoms with Gasteiger partial charge in [0, 0.05) is 30.3 Å². The highest BCUT2D eigenvalue weighted by molar-refractivity contribution is 7.18. The third-order valence-electron chi connectivity index (χ3n) is 5.38. The molecule has 1 unspecified atom stereocenters. The number of ether oxygens (including phenoxy) is 2. The molecule has 0 N–H and O–H groups in total. The Labute approximate surface area is 172 Å². The van der Waals surface area contributed by atoms with Crippen LogP contribution < -0.4 is 4.90 Å². The van der Waals surface area contributed by atoms with Crippen molar-refractivity contribution in [1.82, 2.24) is 19.7 Å². The molecule has 3 aromatic rings. The summed E-state index contributed by atoms with van der Waals surface area (Å²) in [4.78, 5) is 11.4. The van der Waals surface area contributed by atoms with Crippen LogP contribution in [-0.2, 0) is 9.47 Å². The molecule has 0 radical (unpaired) electrons. The zero-order chi connectivity index (χ0) is 19.1. The molecule has 28 heavy (non-hydrogen) atoms. The number of rotatable bonds is 3. The molecule has 2 atom stereocenters. The van der Waals surface area contributed by atoms with E-state index in [1.54, 1.807) is 11.3 Å². The van der Waals surface area contributed by atoms with Crippen LogP contribution in [0.15, 0.2) is 17.6 Å². The van der Waals surface area contributed by atoms with Gasteiger partial charge in [-0.1, -0.05) is 0 Å². The van der Waals surface area contributed by atoms with E-state index >= 15 is 0 Å². The number of halogens is 1. The minimum absolute atomic E-state index is 0.0234. The summed E-state index contributed by atoms with van der Waals surface area (Å²) in [7, 11) is 0. The van der Waals surface area contributed by atoms with Crippen LogP contribution in [0.1, 0.15) is 32.4 Å². The second kappa shape index (κ2) is 7.59. The Balaban J connectivity index is 1.60. The normalized spacial score (nSPS) is 23.4. The first-order valence-electron chi connectivity index (χ1n) is 9.67. The molecule has 0 aliphatic carbocycles. The summed E-state index contributed by atoms with van der Waals surface area (Å²) in [6.07, 6.45) is 5.04. The van der Waals surface area contributed by atoms with E-state index in [1.807, 2.05) is 16.9 Å². The van der Waals surface area contributed by atoms with Crippen molar-refractivity contribution in [3.05, 3.63) is 22.9 Å². The number of hydrogen-bond acceptors (Lipinski definition) is 7. The van der Waals surface area contributed by atoms with Gasteiger partial charge in [0.15, 0.2) is 12.0 Å². The van der Waals surface area contributed by atoms with E-state index in [2.05, 4.69) is 32.3 Å². The SMILES string of the molecule is C[C@@H]1COCCN1c1nc(Cl)nc2c(-c3ccnn3C3CCCCO3)csc12. The molecular weight excluding hydrogens is 398 g/mol. The number of morpholine rings is 1. The molecule has 148 valence electrons. The van der Waals surface area contributed by atoms with Gasteiger partial charge in [-0.05, 0) is 43.9 Å². The van der Waals surface area contributed by atoms with E-state index in [0.717, 1.165) is 59.7 Å². The van der Waals surface area contributed by atoms with Gasteiger partial charge < -0.3 is 14.4 Å². The average Bonchev–Trinajstić information content (AvgIpc) is 3.35. The molecule has 2 fully saturated rings. The first kappa shape index (κ1) is 18.3. The van der Waals surface area contributed by atoms with Crippen molar-refractivity contribution in [3.63, 3.8) is 0 Å². The van der Waals surface area contributed by atoms with Crippen LogP contribution in [0.2, 0.25) is 5.28 Å². The van der Waals surface area contributed by atoms with Gasteiger partial charge in [0.2, 0.25) is 5.28 Å². The van der Waals surface area contributed by atoms with Gasteiger partial charge in [-0.15, -0.1) is 11.3 Å². The van der Waals surface area contributed by atoms with Crippen molar-refractivity contribution >= 4 is 39.0 Å². The van der Waals surface area contributed by atoms with Crippen molar-refractivity contribution < 1.29 is 9.47 Å². The molecular formula is C19H22ClN5O2S. The Morgan fingerprint density at radius 2 is 2.18 bits per heavy atom. The molecule has 2 aliphatic rings. The molecule has 0 aromatic carbocycles. The van der Waals surface area contributed by atoms with Crippen LogP contribution in [0.25, 0.3) is 21.5 Å². The highest BCUT2D eigenvalue weighted by Gasteiger charge is 2.26. The van der Waals surface area contributed by atoms with E-state index in [-0.39, 0.29) is 17.6 Å². The van der Waals surface area contributed by atoms with Crippen molar-refractivity contribution in [1.29, 1.82) is 0 Å². The predicted molar refractivity (Wildman–Crippen MR) is 110 cm³/mol. The second-order valence-corrected chi connectivity index (χ2v) is 8.46. The molecule has 0 saturated carbocycles. The summed E-state index contributed by atoms with van der Waals surface area (Å²) in [5.74, 6) is 0.891. The molecule has 0 spiro atoms. The molecule has 0 bridgehead atoms. The highest BCUT2D eigenvalue weighted by Crippen LogP contribution is 2.40. The lowest BCUT2D eigenvalue weighted by atomic mass is 10.1. The molecule has 5 rings (SSSR count). The van der Waals surface area contributed by atoms with Crippen molar-refractivity contribution in [2.45, 2.75) is 38.5 Å². The minimum Gasteiger partial charge on any atom is -0.377 e. The quantitative estimate of drug-likeness (QED) is 0.594. The predicted octanol–water partition coefficient (Wildman–Crippen LogP) is 4.13. The van der Waals surface area contributed by atoms with Crippen LogP contribution in [0.3, 0.4) is 0 Å². The van der Waals surface area contributed by atoms with Crippen LogP contribution in [0.5, 0.6) is 0 Å². The van der Waals surface area contributed by atoms with Gasteiger partial charge in [-0.3, -0.25) is 0 Å². The van der Waals surface area contributed by atoms with Crippen molar-refractivity contribution in [2.75, 3.05) is 31.3 Å². The van der Waals surface area contributed by atoms with E-state index in [4.69, 9.17) is 21.1 Å². The maximum absolute atomic E-state index is 6.35. The molecule has 3 aromatic heterocycles. The summed E-state index contributed by atoms with van der Waals surface area (Å²) in [6, 6.07) is 2.27. The molecule has 2 aliphatic heterocycles. The second-order valence-electron chi connectivity index (χ2n) is 7.24. The lowest BCUT2D eigenvalue weighted by Crippen LogP contribution is -2.44. The van der Waals surface area contributed by atoms with Crippen LogP contribution >= 0.6 is 22.9 Å². The standard InChI is InChI=1S/C19H22ClN5O2S/c1-12-10-26-9-7-24(12)18-17-16(22-19(20)23-18)13(11-28-17)14-5-6-21-25(14)15-4-2-3-8-27-15/h5-6,11-12,15H,2-4,7-10H2,1H3/t12-,15?/m1/s1. The fraction of sp³-hybridized carbons (Fsp3) is 0.526. The molecule has 7 nitrogen and oxygen atoms in total. The van der Waals surface area contributed by atoms with Gasteiger partial charge in [-0.2, -0.15) is 10.1 Å². The van der Waals surface area contributed by atoms with Crippen LogP contribution in [0.4, 0.5) is 5.82 Å². The number of aromatic nitrogens is 4. The van der Waals surface area contributed by atoms with Crippen LogP contribution in [0, 0.1) is 0 Å². The third-order valence-corrected chi connectivity index (χ3v) is 6.52. The van der Waals surface area contributed by atoms with E-state index in [9.17, 15) is 0 Å². The number of fused-ring (bicyclic) bond motifs is 1. The minimum atomic E-state index is -0.0234. The summed E-state index contributed by atoms with van der Waals surface area (Å²) < 4.78 is 14.6. The lowest BCUT2D eigenvalue weighted by Gasteiger charge is -2.34. The summed E-state index contributed by atoms with van der Waals surface area (Å²) in [5, 5.41) is 6.93. The zero-order valence-corrected chi connectivity index (χ0v) is 17.2. The molecule has 0 amide bonds. The smallest absolute Gasteiger partial charge is 0.224 e. The fourth-order valence-electron chi connectivity index (χ4n) is 3.97. The van der Waals surface area contributed by atoms with E-state index in [1.165, 1.54) is 0 Å². The van der Waals surface area contributed by atoms with Crippen LogP contribution in [-0.4, -0.2) is 52.2 Å². The van der Waals surface area contributed by atoms with Gasteiger partial charge in [0.05, 0.1) is 35.2 Å². The topological polar surface area (TPSA) is 65.3 Å². The van der Waals surface area contributed by atoms with Gasteiger partial charge in [0.25, 0.3) is 0 Å². The van der Waals surface area contributed by atoms with E-state index in [0.29, 0.717) is 13.2 Å². The van der Waals surface area contributed by atoms with Gasteiger partial charge in [0.1, 0.15) is 0 Å². The summed E-state index contributed by atoms with van der Waals surface area (Å²) >= 11 is 8.00. The molecule has 2 saturated heterocycles. The maximum Gasteiger partial charge on any atom is 0.224 e. The first-order valence-corrected chi connectivity index (χ1v) is 10.9. The number of nitrogens with zero attached hydrogens (tertiary/aromatic N) is 5. The summed E-state index contributed by atoms with van der Waals surface area (Å²) in [6.45, 7) is 5.10. The fourth-order valence-corrected chi connectivity index (χ4v) is 5.14. The van der Waals surface area contributed by atoms with Crippen molar-refractivity contribution in [2.24, 2.45) is 0 Å². The van der Waals surface area contributed by atoms with Crippen molar-refractivity contribution in [3.8, 4) is 11.3 Å². The Bertz CT molecular complexity index is 984. The highest BCUT2D eigenvalue weighted by atomic mass is 35.5. The number of hydrogen-bond donors (Lipinski definition) is 0. The Hall–Kier alpha value is -1.74. The largest absolute Gasteiger partial charge is 0.377 e. The maximum atomic E-state index is 6.35. The molecule has 9 heteroatoms. The number of thiophene rings is 1. The zero-order valence-electron chi connectivity index (χ0n) is 15.7. The molecule has 5 heterocycles. The Morgan fingerprint density at radius 3 is 3.00 bits per heavy atom. The van der Waals surface area contributed by atoms with E-state index < -0.39 is 0 Å².